The van der Waals surface area contributed by atoms with E-state index in [1.807, 2.05) is 34.6 Å². The molecule has 31 heavy (non-hydrogen) atoms. The van der Waals surface area contributed by atoms with Gasteiger partial charge in [-0.15, -0.1) is 0 Å². The molecule has 0 aliphatic heterocycles. The van der Waals surface area contributed by atoms with E-state index in [2.05, 4.69) is 0 Å². The van der Waals surface area contributed by atoms with Gasteiger partial charge in [0.15, 0.2) is 5.76 Å². The summed E-state index contributed by atoms with van der Waals surface area (Å²) < 4.78 is 17.4. The van der Waals surface area contributed by atoms with Gasteiger partial charge in [-0.1, -0.05) is 25.5 Å². The molecule has 1 aromatic rings. The van der Waals surface area contributed by atoms with E-state index in [-0.39, 0.29) is 35.5 Å². The van der Waals surface area contributed by atoms with Crippen molar-refractivity contribution in [3.8, 4) is 0 Å². The number of hydrogen-bond acceptors (Lipinski definition) is 6. The number of carbonyl (C=O) groups excluding carboxylic acids is 3. The van der Waals surface area contributed by atoms with Crippen LogP contribution in [0.3, 0.4) is 0 Å². The highest BCUT2D eigenvalue weighted by atomic mass is 16.6. The smallest absolute Gasteiger partial charge is 0.333 e. The lowest BCUT2D eigenvalue weighted by Crippen LogP contribution is -2.55. The molecule has 1 aromatic heterocycles. The second-order valence-corrected chi connectivity index (χ2v) is 9.26. The van der Waals surface area contributed by atoms with Crippen LogP contribution in [0.15, 0.2) is 34.0 Å². The highest BCUT2D eigenvalue weighted by molar-refractivity contribution is 5.99. The predicted molar refractivity (Wildman–Crippen MR) is 115 cm³/mol. The number of carbonyl (C=O) groups is 3. The molecule has 6 nitrogen and oxygen atoms in total. The molecule has 0 saturated heterocycles. The Kier molecular flexibility index (Phi) is 6.30. The van der Waals surface area contributed by atoms with Crippen molar-refractivity contribution in [2.75, 3.05) is 0 Å². The van der Waals surface area contributed by atoms with Crippen molar-refractivity contribution >= 4 is 17.7 Å². The van der Waals surface area contributed by atoms with Gasteiger partial charge in [0.2, 0.25) is 5.78 Å². The van der Waals surface area contributed by atoms with Crippen LogP contribution in [0.5, 0.6) is 0 Å². The molecule has 3 rings (SSSR count). The molecule has 0 radical (unpaired) electrons. The van der Waals surface area contributed by atoms with Crippen LogP contribution in [0.4, 0.5) is 0 Å². The average Bonchev–Trinajstić information content (AvgIpc) is 3.08. The fourth-order valence-electron chi connectivity index (χ4n) is 4.97. The van der Waals surface area contributed by atoms with Crippen molar-refractivity contribution < 1.29 is 28.3 Å². The van der Waals surface area contributed by atoms with Gasteiger partial charge in [-0.2, -0.15) is 0 Å². The van der Waals surface area contributed by atoms with Crippen LogP contribution < -0.4 is 0 Å². The van der Waals surface area contributed by atoms with Gasteiger partial charge in [0.1, 0.15) is 12.2 Å². The number of ketones is 1. The Hall–Kier alpha value is -2.63. The lowest BCUT2D eigenvalue weighted by Gasteiger charge is -2.53. The van der Waals surface area contributed by atoms with E-state index in [0.717, 1.165) is 11.1 Å². The first-order valence-electron chi connectivity index (χ1n) is 10.8. The van der Waals surface area contributed by atoms with Crippen molar-refractivity contribution in [2.45, 2.75) is 73.5 Å². The quantitative estimate of drug-likeness (QED) is 0.480. The number of esters is 2. The van der Waals surface area contributed by atoms with E-state index in [0.29, 0.717) is 24.0 Å². The van der Waals surface area contributed by atoms with Crippen molar-refractivity contribution in [3.63, 3.8) is 0 Å². The summed E-state index contributed by atoms with van der Waals surface area (Å²) in [5, 5.41) is 0. The van der Waals surface area contributed by atoms with Crippen LogP contribution in [0.1, 0.15) is 82.2 Å². The molecule has 1 heterocycles. The average molecular weight is 429 g/mol. The van der Waals surface area contributed by atoms with Gasteiger partial charge in [-0.3, -0.25) is 4.79 Å². The van der Waals surface area contributed by atoms with E-state index >= 15 is 0 Å². The zero-order valence-electron chi connectivity index (χ0n) is 19.4. The molecular weight excluding hydrogens is 396 g/mol. The minimum Gasteiger partial charge on any atom is -0.461 e. The number of allylic oxidation sites excluding steroid dienone is 2. The number of rotatable bonds is 4. The van der Waals surface area contributed by atoms with Gasteiger partial charge >= 0.3 is 11.9 Å². The monoisotopic (exact) mass is 428 g/mol. The summed E-state index contributed by atoms with van der Waals surface area (Å²) in [7, 11) is 0. The molecule has 2 aliphatic rings. The fourth-order valence-corrected chi connectivity index (χ4v) is 4.97. The molecule has 0 bridgehead atoms. The minimum atomic E-state index is -0.739. The lowest BCUT2D eigenvalue weighted by molar-refractivity contribution is -0.177. The Bertz CT molecular complexity index is 961. The van der Waals surface area contributed by atoms with E-state index in [4.69, 9.17) is 13.9 Å². The van der Waals surface area contributed by atoms with Crippen LogP contribution in [-0.4, -0.2) is 23.8 Å². The van der Waals surface area contributed by atoms with Crippen molar-refractivity contribution in [2.24, 2.45) is 17.3 Å². The third kappa shape index (κ3) is 3.88. The summed E-state index contributed by atoms with van der Waals surface area (Å²) in [5.41, 5.74) is 2.03. The summed E-state index contributed by atoms with van der Waals surface area (Å²) in [6, 6.07) is 0. The summed E-state index contributed by atoms with van der Waals surface area (Å²) in [4.78, 5) is 38.4. The zero-order chi connectivity index (χ0) is 23.1. The number of hydrogen-bond donors (Lipinski definition) is 0. The zero-order valence-corrected chi connectivity index (χ0v) is 19.4. The summed E-state index contributed by atoms with van der Waals surface area (Å²) >= 11 is 0. The van der Waals surface area contributed by atoms with Gasteiger partial charge in [0.05, 0.1) is 6.26 Å². The Morgan fingerprint density at radius 3 is 2.48 bits per heavy atom. The second-order valence-electron chi connectivity index (χ2n) is 9.26. The van der Waals surface area contributed by atoms with Crippen molar-refractivity contribution in [1.29, 1.82) is 0 Å². The first-order valence-corrected chi connectivity index (χ1v) is 10.8. The summed E-state index contributed by atoms with van der Waals surface area (Å²) in [6.45, 7) is 13.0. The van der Waals surface area contributed by atoms with Crippen LogP contribution in [0, 0.1) is 24.2 Å². The SMILES string of the molecule is CC=C(C)C(=O)OC1CCC2C(=O)c3occ(C)c3C(OC(=O)C=C(C)C)C2(C)C1C. The van der Waals surface area contributed by atoms with Gasteiger partial charge in [0, 0.05) is 34.5 Å². The third-order valence-corrected chi connectivity index (χ3v) is 7.07. The molecule has 1 saturated carbocycles. The molecule has 0 N–H and O–H groups in total. The van der Waals surface area contributed by atoms with Gasteiger partial charge in [-0.25, -0.2) is 9.59 Å². The summed E-state index contributed by atoms with van der Waals surface area (Å²) in [5.74, 6) is -1.20. The van der Waals surface area contributed by atoms with Gasteiger partial charge in [-0.05, 0) is 53.0 Å². The van der Waals surface area contributed by atoms with Crippen molar-refractivity contribution in [3.05, 3.63) is 46.4 Å². The largest absolute Gasteiger partial charge is 0.461 e. The Morgan fingerprint density at radius 2 is 1.87 bits per heavy atom. The van der Waals surface area contributed by atoms with Crippen LogP contribution >= 0.6 is 0 Å². The topological polar surface area (TPSA) is 82.8 Å². The lowest BCUT2D eigenvalue weighted by atomic mass is 9.53. The molecule has 0 spiro atoms. The first-order chi connectivity index (χ1) is 14.5. The molecule has 2 aliphatic carbocycles. The molecule has 1 fully saturated rings. The van der Waals surface area contributed by atoms with Crippen molar-refractivity contribution in [1.82, 2.24) is 0 Å². The highest BCUT2D eigenvalue weighted by Crippen LogP contribution is 2.60. The van der Waals surface area contributed by atoms with Crippen LogP contribution in [0.25, 0.3) is 0 Å². The molecule has 5 atom stereocenters. The fraction of sp³-hybridized carbons (Fsp3) is 0.560. The molecular formula is C25H32O6. The van der Waals surface area contributed by atoms with E-state index in [9.17, 15) is 14.4 Å². The van der Waals surface area contributed by atoms with Crippen LogP contribution in [-0.2, 0) is 19.1 Å². The van der Waals surface area contributed by atoms with Crippen LogP contribution in [0.2, 0.25) is 0 Å². The minimum absolute atomic E-state index is 0.0682. The molecule has 5 unspecified atom stereocenters. The number of fused-ring (bicyclic) bond motifs is 2. The second kappa shape index (κ2) is 8.48. The molecule has 168 valence electrons. The Labute approximate surface area is 183 Å². The van der Waals surface area contributed by atoms with Gasteiger partial charge in [0.25, 0.3) is 0 Å². The predicted octanol–water partition coefficient (Wildman–Crippen LogP) is 5.27. The summed E-state index contributed by atoms with van der Waals surface area (Å²) in [6.07, 6.45) is 4.76. The molecule has 0 amide bonds. The Morgan fingerprint density at radius 1 is 1.19 bits per heavy atom. The molecule has 0 aromatic carbocycles. The number of ether oxygens (including phenoxy) is 2. The highest BCUT2D eigenvalue weighted by Gasteiger charge is 2.61. The normalized spacial score (nSPS) is 30.2. The number of aryl methyl sites for hydroxylation is 1. The maximum absolute atomic E-state index is 13.3. The maximum atomic E-state index is 13.3. The van der Waals surface area contributed by atoms with E-state index in [1.165, 1.54) is 6.08 Å². The van der Waals surface area contributed by atoms with Gasteiger partial charge < -0.3 is 13.9 Å². The molecule has 6 heteroatoms. The number of Topliss-reactive ketones (excluding diaryl/α,β-unsaturated/α-hetero) is 1. The van der Waals surface area contributed by atoms with E-state index < -0.39 is 17.5 Å². The first kappa shape index (κ1) is 23.0. The third-order valence-electron chi connectivity index (χ3n) is 7.07. The number of furan rings is 1. The maximum Gasteiger partial charge on any atom is 0.333 e. The Balaban J connectivity index is 2.06. The van der Waals surface area contributed by atoms with E-state index in [1.54, 1.807) is 26.2 Å². The standard InChI is InChI=1S/C25H32O6/c1-8-14(4)24(28)30-18-10-9-17-21(27)22-20(15(5)12-29-22)23(25(17,7)16(18)6)31-19(26)11-13(2)3/h8,11-12,16-18,23H,9-10H2,1-7H3.